The Bertz CT molecular complexity index is 861. The molecule has 0 unspecified atom stereocenters. The van der Waals surface area contributed by atoms with Gasteiger partial charge in [0, 0.05) is 37.9 Å². The molecule has 1 aliphatic rings. The van der Waals surface area contributed by atoms with Crippen LogP contribution in [0.1, 0.15) is 10.4 Å². The monoisotopic (exact) mass is 399 g/mol. The summed E-state index contributed by atoms with van der Waals surface area (Å²) in [7, 11) is 4.49. The Hall–Kier alpha value is -3.42. The van der Waals surface area contributed by atoms with Crippen LogP contribution in [0.15, 0.2) is 42.5 Å². The molecule has 1 N–H and O–H groups in total. The molecule has 0 atom stereocenters. The first kappa shape index (κ1) is 20.3. The Morgan fingerprint density at radius 3 is 2.17 bits per heavy atom. The minimum absolute atomic E-state index is 0.172. The summed E-state index contributed by atoms with van der Waals surface area (Å²) in [5.74, 6) is 0.848. The quantitative estimate of drug-likeness (QED) is 0.779. The number of amides is 2. The van der Waals surface area contributed by atoms with Crippen LogP contribution in [0, 0.1) is 0 Å². The van der Waals surface area contributed by atoms with Crippen LogP contribution in [0.2, 0.25) is 0 Å². The first-order valence-corrected chi connectivity index (χ1v) is 9.27. The smallest absolute Gasteiger partial charge is 0.337 e. The van der Waals surface area contributed by atoms with E-state index in [4.69, 9.17) is 14.2 Å². The van der Waals surface area contributed by atoms with Crippen LogP contribution in [-0.2, 0) is 4.74 Å². The standard InChI is InChI=1S/C21H25N3O5/c1-27-17-8-9-18(19(14-17)28-2)22-21(26)24-12-10-23(11-13-24)16-6-4-15(5-7-16)20(25)29-3/h4-9,14H,10-13H2,1-3H3,(H,22,26). The van der Waals surface area contributed by atoms with E-state index in [2.05, 4.69) is 10.2 Å². The highest BCUT2D eigenvalue weighted by molar-refractivity contribution is 5.91. The molecule has 0 bridgehead atoms. The van der Waals surface area contributed by atoms with Crippen LogP contribution in [0.3, 0.4) is 0 Å². The lowest BCUT2D eigenvalue weighted by molar-refractivity contribution is 0.0600. The van der Waals surface area contributed by atoms with Crippen LogP contribution in [0.25, 0.3) is 0 Å². The van der Waals surface area contributed by atoms with Gasteiger partial charge in [0.1, 0.15) is 11.5 Å². The summed E-state index contributed by atoms with van der Waals surface area (Å²) in [5, 5.41) is 2.90. The number of nitrogens with zero attached hydrogens (tertiary/aromatic N) is 2. The highest BCUT2D eigenvalue weighted by atomic mass is 16.5. The van der Waals surface area contributed by atoms with Crippen LogP contribution in [0.5, 0.6) is 11.5 Å². The molecule has 8 nitrogen and oxygen atoms in total. The van der Waals surface area contributed by atoms with Crippen molar-refractivity contribution in [2.45, 2.75) is 0 Å². The average molecular weight is 399 g/mol. The summed E-state index contributed by atoms with van der Waals surface area (Å²) in [6.45, 7) is 2.57. The minimum Gasteiger partial charge on any atom is -0.497 e. The molecule has 0 spiro atoms. The molecule has 2 amide bonds. The molecule has 2 aromatic rings. The maximum atomic E-state index is 12.6. The molecule has 29 heavy (non-hydrogen) atoms. The van der Waals surface area contributed by atoms with Gasteiger partial charge >= 0.3 is 12.0 Å². The van der Waals surface area contributed by atoms with Gasteiger partial charge in [-0.2, -0.15) is 0 Å². The second kappa shape index (κ2) is 9.18. The summed E-state index contributed by atoms with van der Waals surface area (Å²) >= 11 is 0. The third-order valence-corrected chi connectivity index (χ3v) is 4.87. The van der Waals surface area contributed by atoms with E-state index in [1.54, 1.807) is 49.5 Å². The van der Waals surface area contributed by atoms with Gasteiger partial charge in [0.05, 0.1) is 32.6 Å². The number of rotatable bonds is 5. The molecule has 8 heteroatoms. The van der Waals surface area contributed by atoms with E-state index in [0.29, 0.717) is 48.9 Å². The molecule has 0 aromatic heterocycles. The molecule has 1 saturated heterocycles. The second-order valence-electron chi connectivity index (χ2n) is 6.51. The van der Waals surface area contributed by atoms with Crippen molar-refractivity contribution in [3.8, 4) is 11.5 Å². The molecular formula is C21H25N3O5. The van der Waals surface area contributed by atoms with Gasteiger partial charge in [-0.15, -0.1) is 0 Å². The zero-order valence-electron chi connectivity index (χ0n) is 16.8. The van der Waals surface area contributed by atoms with Gasteiger partial charge in [0.15, 0.2) is 0 Å². The van der Waals surface area contributed by atoms with Crippen molar-refractivity contribution in [1.82, 2.24) is 4.90 Å². The van der Waals surface area contributed by atoms with E-state index >= 15 is 0 Å². The highest BCUT2D eigenvalue weighted by Gasteiger charge is 2.22. The van der Waals surface area contributed by atoms with Crippen molar-refractivity contribution in [3.05, 3.63) is 48.0 Å². The number of esters is 1. The lowest BCUT2D eigenvalue weighted by Crippen LogP contribution is -2.50. The second-order valence-corrected chi connectivity index (χ2v) is 6.51. The number of hydrogen-bond donors (Lipinski definition) is 1. The largest absolute Gasteiger partial charge is 0.497 e. The molecule has 1 heterocycles. The Labute approximate surface area is 170 Å². The number of ether oxygens (including phenoxy) is 3. The number of anilines is 2. The lowest BCUT2D eigenvalue weighted by atomic mass is 10.2. The van der Waals surface area contributed by atoms with Crippen molar-refractivity contribution in [3.63, 3.8) is 0 Å². The lowest BCUT2D eigenvalue weighted by Gasteiger charge is -2.36. The number of benzene rings is 2. The third-order valence-electron chi connectivity index (χ3n) is 4.87. The summed E-state index contributed by atoms with van der Waals surface area (Å²) in [6, 6.07) is 12.4. The van der Waals surface area contributed by atoms with Gasteiger partial charge in [-0.25, -0.2) is 9.59 Å². The SMILES string of the molecule is COC(=O)c1ccc(N2CCN(C(=O)Nc3ccc(OC)cc3OC)CC2)cc1. The van der Waals surface area contributed by atoms with E-state index in [1.165, 1.54) is 7.11 Å². The van der Waals surface area contributed by atoms with Crippen LogP contribution < -0.4 is 19.7 Å². The number of hydrogen-bond acceptors (Lipinski definition) is 6. The Balaban J connectivity index is 1.58. The van der Waals surface area contributed by atoms with Crippen molar-refractivity contribution >= 4 is 23.4 Å². The van der Waals surface area contributed by atoms with Crippen molar-refractivity contribution < 1.29 is 23.8 Å². The Morgan fingerprint density at radius 2 is 1.59 bits per heavy atom. The summed E-state index contributed by atoms with van der Waals surface area (Å²) < 4.78 is 15.2. The number of methoxy groups -OCH3 is 3. The topological polar surface area (TPSA) is 80.3 Å². The van der Waals surface area contributed by atoms with Crippen LogP contribution in [-0.4, -0.2) is 64.4 Å². The highest BCUT2D eigenvalue weighted by Crippen LogP contribution is 2.29. The van der Waals surface area contributed by atoms with Crippen molar-refractivity contribution in [2.75, 3.05) is 57.7 Å². The van der Waals surface area contributed by atoms with E-state index in [0.717, 1.165) is 5.69 Å². The fraction of sp³-hybridized carbons (Fsp3) is 0.333. The first-order chi connectivity index (χ1) is 14.0. The molecule has 1 aliphatic heterocycles. The summed E-state index contributed by atoms with van der Waals surface area (Å²) in [6.07, 6.45) is 0. The number of piperazine rings is 1. The molecule has 3 rings (SSSR count). The van der Waals surface area contributed by atoms with Crippen LogP contribution >= 0.6 is 0 Å². The molecular weight excluding hydrogens is 374 g/mol. The fourth-order valence-corrected chi connectivity index (χ4v) is 3.19. The molecule has 0 radical (unpaired) electrons. The van der Waals surface area contributed by atoms with Gasteiger partial charge < -0.3 is 29.3 Å². The third kappa shape index (κ3) is 4.71. The molecule has 0 aliphatic carbocycles. The zero-order valence-corrected chi connectivity index (χ0v) is 16.8. The normalized spacial score (nSPS) is 13.6. The number of carbonyl (C=O) groups excluding carboxylic acids is 2. The van der Waals surface area contributed by atoms with Crippen molar-refractivity contribution in [2.24, 2.45) is 0 Å². The van der Waals surface area contributed by atoms with E-state index in [1.807, 2.05) is 12.1 Å². The molecule has 1 fully saturated rings. The number of urea groups is 1. The summed E-state index contributed by atoms with van der Waals surface area (Å²) in [4.78, 5) is 28.1. The Morgan fingerprint density at radius 1 is 0.897 bits per heavy atom. The average Bonchev–Trinajstić information content (AvgIpc) is 2.79. The first-order valence-electron chi connectivity index (χ1n) is 9.27. The number of carbonyl (C=O) groups is 2. The fourth-order valence-electron chi connectivity index (χ4n) is 3.19. The van der Waals surface area contributed by atoms with Gasteiger partial charge in [-0.1, -0.05) is 0 Å². The minimum atomic E-state index is -0.355. The maximum Gasteiger partial charge on any atom is 0.337 e. The summed E-state index contributed by atoms with van der Waals surface area (Å²) in [5.41, 5.74) is 2.12. The van der Waals surface area contributed by atoms with E-state index < -0.39 is 0 Å². The van der Waals surface area contributed by atoms with Gasteiger partial charge in [0.25, 0.3) is 0 Å². The zero-order chi connectivity index (χ0) is 20.8. The maximum absolute atomic E-state index is 12.6. The molecule has 154 valence electrons. The predicted molar refractivity (Wildman–Crippen MR) is 110 cm³/mol. The van der Waals surface area contributed by atoms with Gasteiger partial charge in [-0.05, 0) is 36.4 Å². The van der Waals surface area contributed by atoms with E-state index in [-0.39, 0.29) is 12.0 Å². The Kier molecular flexibility index (Phi) is 6.43. The number of nitrogens with one attached hydrogen (secondary N) is 1. The van der Waals surface area contributed by atoms with Crippen molar-refractivity contribution in [1.29, 1.82) is 0 Å². The van der Waals surface area contributed by atoms with Gasteiger partial charge in [0.2, 0.25) is 0 Å². The predicted octanol–water partition coefficient (Wildman–Crippen LogP) is 2.84. The van der Waals surface area contributed by atoms with E-state index in [9.17, 15) is 9.59 Å². The van der Waals surface area contributed by atoms with Crippen LogP contribution in [0.4, 0.5) is 16.2 Å². The molecule has 0 saturated carbocycles. The molecule has 2 aromatic carbocycles. The van der Waals surface area contributed by atoms with Gasteiger partial charge in [-0.3, -0.25) is 0 Å².